The zero-order valence-electron chi connectivity index (χ0n) is 19.4. The van der Waals surface area contributed by atoms with Crippen molar-refractivity contribution in [2.45, 2.75) is 44.9 Å². The molecule has 0 radical (unpaired) electrons. The van der Waals surface area contributed by atoms with Gasteiger partial charge in [0.05, 0.1) is 21.3 Å². The number of rotatable bonds is 4. The Morgan fingerprint density at radius 2 is 1.78 bits per heavy atom. The van der Waals surface area contributed by atoms with Crippen molar-refractivity contribution in [3.8, 4) is 17.2 Å². The number of carbonyl (C=O) groups is 1. The van der Waals surface area contributed by atoms with Gasteiger partial charge >= 0.3 is 0 Å². The molecule has 0 amide bonds. The number of hydrogen-bond donors (Lipinski definition) is 0. The normalized spacial score (nSPS) is 29.8. The number of allylic oxidation sites excluding steroid dienone is 1. The Morgan fingerprint density at radius 1 is 0.969 bits per heavy atom. The van der Waals surface area contributed by atoms with E-state index in [0.29, 0.717) is 35.0 Å². The van der Waals surface area contributed by atoms with Crippen LogP contribution in [0.2, 0.25) is 0 Å². The molecule has 4 atom stereocenters. The van der Waals surface area contributed by atoms with E-state index in [4.69, 9.17) is 14.2 Å². The highest BCUT2D eigenvalue weighted by Gasteiger charge is 2.56. The van der Waals surface area contributed by atoms with Gasteiger partial charge in [0.2, 0.25) is 0 Å². The second-order valence-electron chi connectivity index (χ2n) is 9.75. The maximum absolute atomic E-state index is 13.6. The Hall–Kier alpha value is -2.75. The van der Waals surface area contributed by atoms with Gasteiger partial charge < -0.3 is 14.2 Å². The highest BCUT2D eigenvalue weighted by Crippen LogP contribution is 2.61. The van der Waals surface area contributed by atoms with Crippen LogP contribution in [0.1, 0.15) is 55.2 Å². The molecule has 5 rings (SSSR count). The lowest BCUT2D eigenvalue weighted by molar-refractivity contribution is -0.127. The third-order valence-electron chi connectivity index (χ3n) is 8.32. The molecule has 4 heteroatoms. The summed E-state index contributed by atoms with van der Waals surface area (Å²) in [6.45, 7) is 2.22. The minimum Gasteiger partial charge on any atom is -0.497 e. The Labute approximate surface area is 190 Å². The number of ketones is 1. The van der Waals surface area contributed by atoms with E-state index in [2.05, 4.69) is 31.2 Å². The smallest absolute Gasteiger partial charge is 0.165 e. The van der Waals surface area contributed by atoms with Crippen molar-refractivity contribution in [3.63, 3.8) is 0 Å². The van der Waals surface area contributed by atoms with Crippen molar-refractivity contribution in [1.29, 1.82) is 0 Å². The van der Waals surface area contributed by atoms with Crippen molar-refractivity contribution in [2.75, 3.05) is 21.3 Å². The summed E-state index contributed by atoms with van der Waals surface area (Å²) in [6, 6.07) is 12.4. The van der Waals surface area contributed by atoms with Crippen molar-refractivity contribution in [2.24, 2.45) is 17.3 Å². The third kappa shape index (κ3) is 3.23. The lowest BCUT2D eigenvalue weighted by Crippen LogP contribution is -2.42. The summed E-state index contributed by atoms with van der Waals surface area (Å²) in [4.78, 5) is 13.6. The van der Waals surface area contributed by atoms with E-state index in [1.54, 1.807) is 21.3 Å². The lowest BCUT2D eigenvalue weighted by Gasteiger charge is -2.48. The van der Waals surface area contributed by atoms with Gasteiger partial charge in [0.15, 0.2) is 17.3 Å². The fourth-order valence-electron chi connectivity index (χ4n) is 6.63. The third-order valence-corrected chi connectivity index (χ3v) is 8.32. The van der Waals surface area contributed by atoms with Gasteiger partial charge in [-0.25, -0.2) is 0 Å². The van der Waals surface area contributed by atoms with E-state index < -0.39 is 0 Å². The Balaban J connectivity index is 1.45. The number of aryl methyl sites for hydroxylation is 1. The van der Waals surface area contributed by atoms with Gasteiger partial charge in [0.1, 0.15) is 5.75 Å². The molecule has 2 saturated carbocycles. The van der Waals surface area contributed by atoms with Crippen molar-refractivity contribution in [3.05, 3.63) is 58.7 Å². The Bertz CT molecular complexity index is 1080. The Kier molecular flexibility index (Phi) is 5.27. The van der Waals surface area contributed by atoms with Crippen LogP contribution in [0.25, 0.3) is 6.08 Å². The molecule has 2 aromatic carbocycles. The average molecular weight is 433 g/mol. The molecular weight excluding hydrogens is 400 g/mol. The van der Waals surface area contributed by atoms with Crippen LogP contribution in [0.3, 0.4) is 0 Å². The molecule has 0 unspecified atom stereocenters. The zero-order chi connectivity index (χ0) is 22.5. The summed E-state index contributed by atoms with van der Waals surface area (Å²) in [5, 5.41) is 0. The molecule has 0 aliphatic heterocycles. The number of hydrogen-bond acceptors (Lipinski definition) is 4. The summed E-state index contributed by atoms with van der Waals surface area (Å²) in [6.07, 6.45) is 7.23. The van der Waals surface area contributed by atoms with Crippen molar-refractivity contribution < 1.29 is 19.0 Å². The van der Waals surface area contributed by atoms with Crippen LogP contribution >= 0.6 is 0 Å². The summed E-state index contributed by atoms with van der Waals surface area (Å²) in [7, 11) is 5.01. The van der Waals surface area contributed by atoms with Crippen LogP contribution in [0.4, 0.5) is 0 Å². The van der Waals surface area contributed by atoms with Crippen LogP contribution in [0, 0.1) is 17.3 Å². The van der Waals surface area contributed by atoms with Gasteiger partial charge in [-0.05, 0) is 102 Å². The molecule has 2 aromatic rings. The first kappa shape index (κ1) is 21.1. The highest BCUT2D eigenvalue weighted by atomic mass is 16.5. The summed E-state index contributed by atoms with van der Waals surface area (Å²) < 4.78 is 16.3. The molecule has 168 valence electrons. The van der Waals surface area contributed by atoms with E-state index in [0.717, 1.165) is 49.0 Å². The van der Waals surface area contributed by atoms with Crippen LogP contribution in [0.15, 0.2) is 42.0 Å². The number of methoxy groups -OCH3 is 3. The first-order chi connectivity index (χ1) is 15.5. The highest BCUT2D eigenvalue weighted by molar-refractivity contribution is 6.06. The predicted molar refractivity (Wildman–Crippen MR) is 126 cm³/mol. The van der Waals surface area contributed by atoms with Gasteiger partial charge in [-0.15, -0.1) is 0 Å². The van der Waals surface area contributed by atoms with Gasteiger partial charge in [-0.3, -0.25) is 4.79 Å². The molecule has 4 nitrogen and oxygen atoms in total. The van der Waals surface area contributed by atoms with Crippen molar-refractivity contribution >= 4 is 11.9 Å². The SMILES string of the molecule is COc1ccc2c(c1)CC[C@H]1[C@@H]2CC[C@]2(C)C(=O)/C(=C/c3ccc(OC)c(OC)c3)C[C@@H]12. The fraction of sp³-hybridized carbons (Fsp3) is 0.464. The van der Waals surface area contributed by atoms with Crippen LogP contribution < -0.4 is 14.2 Å². The predicted octanol–water partition coefficient (Wildman–Crippen LogP) is 5.83. The number of benzene rings is 2. The molecule has 3 aliphatic carbocycles. The van der Waals surface area contributed by atoms with E-state index in [-0.39, 0.29) is 5.41 Å². The molecule has 0 bridgehead atoms. The zero-order valence-corrected chi connectivity index (χ0v) is 19.4. The fourth-order valence-corrected chi connectivity index (χ4v) is 6.63. The van der Waals surface area contributed by atoms with Gasteiger partial charge in [0, 0.05) is 5.41 Å². The molecule has 2 fully saturated rings. The minimum atomic E-state index is -0.243. The van der Waals surface area contributed by atoms with Crippen LogP contribution in [-0.2, 0) is 11.2 Å². The first-order valence-corrected chi connectivity index (χ1v) is 11.6. The van der Waals surface area contributed by atoms with Gasteiger partial charge in [0.25, 0.3) is 0 Å². The number of Topliss-reactive ketones (excluding diaryl/α,β-unsaturated/α-hetero) is 1. The summed E-state index contributed by atoms with van der Waals surface area (Å²) in [5.74, 6) is 4.21. The monoisotopic (exact) mass is 432 g/mol. The number of carbonyl (C=O) groups excluding carboxylic acids is 1. The maximum Gasteiger partial charge on any atom is 0.165 e. The van der Waals surface area contributed by atoms with E-state index in [1.165, 1.54) is 11.1 Å². The molecule has 0 heterocycles. The van der Waals surface area contributed by atoms with Gasteiger partial charge in [-0.1, -0.05) is 19.1 Å². The van der Waals surface area contributed by atoms with Gasteiger partial charge in [-0.2, -0.15) is 0 Å². The Morgan fingerprint density at radius 3 is 2.53 bits per heavy atom. The standard InChI is InChI=1S/C28H32O4/c1-28-12-11-22-21-9-7-20(30-2)15-18(21)6-8-23(22)24(28)16-19(27(28)29)13-17-5-10-25(31-3)26(14-17)32-4/h5,7,9-10,13-15,22-24H,6,8,11-12,16H2,1-4H3/b19-13+/t22-,23+,24+,28+/m1/s1. The van der Waals surface area contributed by atoms with Crippen LogP contribution in [-0.4, -0.2) is 27.1 Å². The van der Waals surface area contributed by atoms with E-state index in [1.807, 2.05) is 18.2 Å². The molecule has 3 aliphatic rings. The molecule has 0 N–H and O–H groups in total. The number of fused-ring (bicyclic) bond motifs is 5. The van der Waals surface area contributed by atoms with E-state index in [9.17, 15) is 4.79 Å². The number of ether oxygens (including phenoxy) is 3. The topological polar surface area (TPSA) is 44.8 Å². The van der Waals surface area contributed by atoms with Crippen LogP contribution in [0.5, 0.6) is 17.2 Å². The molecule has 32 heavy (non-hydrogen) atoms. The molecule has 0 aromatic heterocycles. The van der Waals surface area contributed by atoms with Crippen molar-refractivity contribution in [1.82, 2.24) is 0 Å². The summed E-state index contributed by atoms with van der Waals surface area (Å²) >= 11 is 0. The summed E-state index contributed by atoms with van der Waals surface area (Å²) in [5.41, 5.74) is 4.62. The maximum atomic E-state index is 13.6. The second-order valence-corrected chi connectivity index (χ2v) is 9.75. The first-order valence-electron chi connectivity index (χ1n) is 11.6. The largest absolute Gasteiger partial charge is 0.497 e. The average Bonchev–Trinajstić information content (AvgIpc) is 3.08. The minimum absolute atomic E-state index is 0.243. The molecule has 0 saturated heterocycles. The van der Waals surface area contributed by atoms with E-state index >= 15 is 0 Å². The molecular formula is C28H32O4. The quantitative estimate of drug-likeness (QED) is 0.570. The molecule has 0 spiro atoms. The lowest BCUT2D eigenvalue weighted by atomic mass is 9.55. The second kappa shape index (κ2) is 7.99.